The number of para-hydroxylation sites is 1. The molecule has 0 radical (unpaired) electrons. The SMILES string of the molecule is Brc1ccc(N=P(c2ccccc2)(c2ccccc2)N2CCCc3ccccc32)cc1. The van der Waals surface area contributed by atoms with Gasteiger partial charge in [-0.2, -0.15) is 0 Å². The molecule has 0 bridgehead atoms. The first-order valence-electron chi connectivity index (χ1n) is 10.6. The van der Waals surface area contributed by atoms with E-state index in [-0.39, 0.29) is 0 Å². The molecule has 0 fully saturated rings. The number of anilines is 1. The van der Waals surface area contributed by atoms with Gasteiger partial charge in [-0.05, 0) is 48.7 Å². The lowest BCUT2D eigenvalue weighted by molar-refractivity contribution is 0.791. The van der Waals surface area contributed by atoms with Crippen molar-refractivity contribution in [3.05, 3.63) is 119 Å². The molecule has 154 valence electrons. The fraction of sp³-hybridized carbons (Fsp3) is 0.111. The van der Waals surface area contributed by atoms with Gasteiger partial charge in [0.15, 0.2) is 0 Å². The predicted molar refractivity (Wildman–Crippen MR) is 137 cm³/mol. The molecule has 0 spiro atoms. The van der Waals surface area contributed by atoms with Crippen LogP contribution in [0.3, 0.4) is 0 Å². The van der Waals surface area contributed by atoms with Gasteiger partial charge in [-0.25, -0.2) is 4.74 Å². The molecule has 4 heteroatoms. The van der Waals surface area contributed by atoms with Gasteiger partial charge in [0.05, 0.1) is 5.69 Å². The minimum absolute atomic E-state index is 0.995. The summed E-state index contributed by atoms with van der Waals surface area (Å²) in [5.41, 5.74) is 3.74. The molecule has 0 aliphatic carbocycles. The number of nitrogens with zero attached hydrogens (tertiary/aromatic N) is 2. The first-order valence-corrected chi connectivity index (χ1v) is 13.1. The second-order valence-corrected chi connectivity index (χ2v) is 11.5. The summed E-state index contributed by atoms with van der Waals surface area (Å²) in [5.74, 6) is 0. The summed E-state index contributed by atoms with van der Waals surface area (Å²) in [6, 6.07) is 39.0. The average molecular weight is 487 g/mol. The number of rotatable bonds is 4. The van der Waals surface area contributed by atoms with Crippen LogP contribution in [0, 0.1) is 0 Å². The Morgan fingerprint density at radius 1 is 0.677 bits per heavy atom. The molecule has 0 aromatic heterocycles. The fourth-order valence-electron chi connectivity index (χ4n) is 4.36. The summed E-state index contributed by atoms with van der Waals surface area (Å²) < 4.78 is 9.29. The lowest BCUT2D eigenvalue weighted by Crippen LogP contribution is -2.35. The van der Waals surface area contributed by atoms with E-state index in [4.69, 9.17) is 4.74 Å². The molecule has 0 N–H and O–H groups in total. The number of hydrogen-bond donors (Lipinski definition) is 0. The van der Waals surface area contributed by atoms with Crippen LogP contribution in [0.1, 0.15) is 12.0 Å². The Labute approximate surface area is 192 Å². The van der Waals surface area contributed by atoms with E-state index in [9.17, 15) is 0 Å². The maximum Gasteiger partial charge on any atom is 0.117 e. The summed E-state index contributed by atoms with van der Waals surface area (Å²) in [7, 11) is -2.30. The van der Waals surface area contributed by atoms with Crippen molar-refractivity contribution >= 4 is 45.1 Å². The van der Waals surface area contributed by atoms with E-state index in [0.29, 0.717) is 0 Å². The molecule has 1 aliphatic rings. The molecular weight excluding hydrogens is 463 g/mol. The number of hydrogen-bond acceptors (Lipinski definition) is 1. The van der Waals surface area contributed by atoms with Gasteiger partial charge in [-0.1, -0.05) is 94.8 Å². The van der Waals surface area contributed by atoms with Crippen LogP contribution in [0.4, 0.5) is 11.4 Å². The van der Waals surface area contributed by atoms with Crippen LogP contribution in [0.25, 0.3) is 0 Å². The second kappa shape index (κ2) is 8.86. The van der Waals surface area contributed by atoms with Gasteiger partial charge in [0.25, 0.3) is 0 Å². The third-order valence-corrected chi connectivity index (χ3v) is 9.95. The fourth-order valence-corrected chi connectivity index (χ4v) is 8.40. The zero-order valence-electron chi connectivity index (χ0n) is 17.2. The molecule has 2 nitrogen and oxygen atoms in total. The second-order valence-electron chi connectivity index (χ2n) is 7.70. The van der Waals surface area contributed by atoms with E-state index in [1.807, 2.05) is 0 Å². The van der Waals surface area contributed by atoms with Crippen molar-refractivity contribution in [1.29, 1.82) is 0 Å². The van der Waals surface area contributed by atoms with Gasteiger partial charge in [-0.3, -0.25) is 0 Å². The molecule has 1 heterocycles. The van der Waals surface area contributed by atoms with E-state index in [1.54, 1.807) is 0 Å². The molecule has 4 aromatic carbocycles. The van der Waals surface area contributed by atoms with Crippen molar-refractivity contribution < 1.29 is 0 Å². The summed E-state index contributed by atoms with van der Waals surface area (Å²) in [4.78, 5) is 0. The standard InChI is InChI=1S/C27H24BrN2P/c28-23-17-19-24(20-18-23)29-31(25-12-3-1-4-13-25,26-14-5-2-6-15-26)30-21-9-11-22-10-7-8-16-27(22)30/h1-8,10,12-20H,9,11,21H2. The van der Waals surface area contributed by atoms with Gasteiger partial charge < -0.3 is 4.67 Å². The average Bonchev–Trinajstić information content (AvgIpc) is 2.85. The Morgan fingerprint density at radius 3 is 1.90 bits per heavy atom. The Bertz CT molecular complexity index is 1180. The molecule has 1 aliphatic heterocycles. The highest BCUT2D eigenvalue weighted by molar-refractivity contribution is 9.10. The highest BCUT2D eigenvalue weighted by Gasteiger charge is 2.35. The highest BCUT2D eigenvalue weighted by Crippen LogP contribution is 2.57. The normalized spacial score (nSPS) is 13.5. The van der Waals surface area contributed by atoms with Crippen molar-refractivity contribution in [1.82, 2.24) is 0 Å². The van der Waals surface area contributed by atoms with Crippen LogP contribution < -0.4 is 15.3 Å². The first-order chi connectivity index (χ1) is 15.3. The molecule has 4 aromatic rings. The predicted octanol–water partition coefficient (Wildman–Crippen LogP) is 7.30. The quantitative estimate of drug-likeness (QED) is 0.276. The first kappa shape index (κ1) is 20.3. The smallest absolute Gasteiger partial charge is 0.117 e. The molecular formula is C27H24BrN2P. The minimum atomic E-state index is -2.30. The monoisotopic (exact) mass is 486 g/mol. The van der Waals surface area contributed by atoms with Crippen LogP contribution in [-0.4, -0.2) is 6.54 Å². The summed E-state index contributed by atoms with van der Waals surface area (Å²) in [6.07, 6.45) is 2.25. The Hall–Kier alpha value is -2.61. The summed E-state index contributed by atoms with van der Waals surface area (Å²) in [5, 5.41) is 2.56. The summed E-state index contributed by atoms with van der Waals surface area (Å²) in [6.45, 7) is 0.995. The number of fused-ring (bicyclic) bond motifs is 1. The third kappa shape index (κ3) is 3.89. The van der Waals surface area contributed by atoms with Crippen LogP contribution in [-0.2, 0) is 6.42 Å². The van der Waals surface area contributed by atoms with E-state index in [1.165, 1.54) is 21.9 Å². The zero-order chi connectivity index (χ0) is 21.1. The van der Waals surface area contributed by atoms with Crippen molar-refractivity contribution in [3.63, 3.8) is 0 Å². The van der Waals surface area contributed by atoms with Gasteiger partial charge in [-0.15, -0.1) is 0 Å². The largest absolute Gasteiger partial charge is 0.331 e. The van der Waals surface area contributed by atoms with Gasteiger partial charge in [0.2, 0.25) is 0 Å². The van der Waals surface area contributed by atoms with Crippen molar-refractivity contribution in [3.8, 4) is 0 Å². The topological polar surface area (TPSA) is 15.6 Å². The van der Waals surface area contributed by atoms with Gasteiger partial charge >= 0.3 is 0 Å². The molecule has 0 saturated heterocycles. The zero-order valence-corrected chi connectivity index (χ0v) is 19.7. The van der Waals surface area contributed by atoms with Gasteiger partial charge in [0, 0.05) is 27.3 Å². The number of halogens is 1. The molecule has 31 heavy (non-hydrogen) atoms. The van der Waals surface area contributed by atoms with Gasteiger partial charge in [0.1, 0.15) is 7.21 Å². The maximum atomic E-state index is 5.61. The lowest BCUT2D eigenvalue weighted by atomic mass is 10.0. The third-order valence-electron chi connectivity index (χ3n) is 5.75. The number of benzene rings is 4. The lowest BCUT2D eigenvalue weighted by Gasteiger charge is -2.42. The van der Waals surface area contributed by atoms with E-state index < -0.39 is 7.21 Å². The molecule has 5 rings (SSSR count). The maximum absolute atomic E-state index is 5.61. The van der Waals surface area contributed by atoms with Crippen LogP contribution >= 0.6 is 23.1 Å². The molecule has 0 unspecified atom stereocenters. The van der Waals surface area contributed by atoms with Crippen LogP contribution in [0.5, 0.6) is 0 Å². The Kier molecular flexibility index (Phi) is 5.80. The van der Waals surface area contributed by atoms with E-state index >= 15 is 0 Å². The minimum Gasteiger partial charge on any atom is -0.331 e. The number of aryl methyl sites for hydroxylation is 1. The Morgan fingerprint density at radius 2 is 1.26 bits per heavy atom. The van der Waals surface area contributed by atoms with Crippen LogP contribution in [0.15, 0.2) is 118 Å². The van der Waals surface area contributed by atoms with E-state index in [0.717, 1.165) is 29.5 Å². The van der Waals surface area contributed by atoms with Crippen LogP contribution in [0.2, 0.25) is 0 Å². The summed E-state index contributed by atoms with van der Waals surface area (Å²) >= 11 is 3.57. The Balaban J connectivity index is 1.87. The molecule has 0 saturated carbocycles. The molecule has 0 atom stereocenters. The van der Waals surface area contributed by atoms with Crippen molar-refractivity contribution in [2.24, 2.45) is 4.74 Å². The highest BCUT2D eigenvalue weighted by atomic mass is 79.9. The molecule has 0 amide bonds. The van der Waals surface area contributed by atoms with Crippen molar-refractivity contribution in [2.45, 2.75) is 12.8 Å². The van der Waals surface area contributed by atoms with E-state index in [2.05, 4.69) is 130 Å². The van der Waals surface area contributed by atoms with Crippen molar-refractivity contribution in [2.75, 3.05) is 11.2 Å².